The van der Waals surface area contributed by atoms with Crippen molar-refractivity contribution in [2.45, 2.75) is 0 Å². The second-order valence-corrected chi connectivity index (χ2v) is 29.5. The maximum absolute atomic E-state index is 6.20. The number of hydrogen-bond acceptors (Lipinski definition) is 11. The molecule has 25 rings (SSSR count). The summed E-state index contributed by atoms with van der Waals surface area (Å²) >= 11 is 1.87. The molecule has 0 saturated heterocycles. The Labute approximate surface area is 641 Å². The van der Waals surface area contributed by atoms with Gasteiger partial charge in [0.1, 0.15) is 44.9 Å². The van der Waals surface area contributed by atoms with Gasteiger partial charge < -0.3 is 13.3 Å². The van der Waals surface area contributed by atoms with Crippen LogP contribution < -0.4 is 0 Å². The molecular formula is C101H57N7O3S. The summed E-state index contributed by atoms with van der Waals surface area (Å²) in [5, 5.41) is 23.7. The first-order valence-electron chi connectivity index (χ1n) is 37.4. The highest BCUT2D eigenvalue weighted by molar-refractivity contribution is 7.26. The molecule has 0 atom stereocenters. The largest absolute Gasteiger partial charge is 0.456 e. The van der Waals surface area contributed by atoms with E-state index in [1.165, 1.54) is 42.1 Å². The van der Waals surface area contributed by atoms with Crippen LogP contribution in [0.1, 0.15) is 0 Å². The van der Waals surface area contributed by atoms with E-state index in [1.54, 1.807) is 0 Å². The van der Waals surface area contributed by atoms with E-state index >= 15 is 0 Å². The Morgan fingerprint density at radius 3 is 1.20 bits per heavy atom. The zero-order valence-corrected chi connectivity index (χ0v) is 60.5. The highest BCUT2D eigenvalue weighted by Gasteiger charge is 2.22. The molecular weight excluding hydrogens is 1390 g/mol. The van der Waals surface area contributed by atoms with Crippen molar-refractivity contribution in [3.8, 4) is 56.7 Å². The zero-order chi connectivity index (χ0) is 73.5. The van der Waals surface area contributed by atoms with Crippen LogP contribution in [0.2, 0.25) is 0 Å². The van der Waals surface area contributed by atoms with Gasteiger partial charge in [0.15, 0.2) is 11.6 Å². The number of pyridine rings is 3. The van der Waals surface area contributed by atoms with E-state index in [4.69, 9.17) is 48.1 Å². The smallest absolute Gasteiger partial charge is 0.179 e. The molecule has 0 spiro atoms. The Kier molecular flexibility index (Phi) is 14.3. The molecule has 0 aliphatic rings. The van der Waals surface area contributed by atoms with Crippen molar-refractivity contribution < 1.29 is 13.3 Å². The molecule has 0 saturated carbocycles. The van der Waals surface area contributed by atoms with Crippen LogP contribution in [0.25, 0.3) is 240 Å². The highest BCUT2D eigenvalue weighted by Crippen LogP contribution is 2.45. The Morgan fingerprint density at radius 1 is 0.205 bits per heavy atom. The fourth-order valence-electron chi connectivity index (χ4n) is 16.8. The molecule has 520 valence electrons. The van der Waals surface area contributed by atoms with E-state index in [2.05, 4.69) is 218 Å². The maximum Gasteiger partial charge on any atom is 0.179 e. The number of para-hydroxylation sites is 4. The lowest BCUT2D eigenvalue weighted by Crippen LogP contribution is -1.98. The molecule has 112 heavy (non-hydrogen) atoms. The van der Waals surface area contributed by atoms with Crippen molar-refractivity contribution in [3.63, 3.8) is 0 Å². The van der Waals surface area contributed by atoms with Gasteiger partial charge in [0.05, 0.1) is 39.0 Å². The van der Waals surface area contributed by atoms with Gasteiger partial charge in [-0.1, -0.05) is 267 Å². The van der Waals surface area contributed by atoms with Crippen molar-refractivity contribution in [1.82, 2.24) is 34.9 Å². The first-order chi connectivity index (χ1) is 55.5. The molecule has 11 heteroatoms. The van der Waals surface area contributed by atoms with Gasteiger partial charge >= 0.3 is 0 Å². The highest BCUT2D eigenvalue weighted by atomic mass is 32.1. The Morgan fingerprint density at radius 2 is 0.616 bits per heavy atom. The quantitative estimate of drug-likeness (QED) is 0.154. The molecule has 0 amide bonds. The summed E-state index contributed by atoms with van der Waals surface area (Å²) < 4.78 is 21.2. The number of nitrogens with zero attached hydrogens (tertiary/aromatic N) is 7. The monoisotopic (exact) mass is 1450 g/mol. The lowest BCUT2D eigenvalue weighted by molar-refractivity contribution is 0.669. The van der Waals surface area contributed by atoms with E-state index in [-0.39, 0.29) is 0 Å². The van der Waals surface area contributed by atoms with Crippen molar-refractivity contribution in [1.29, 1.82) is 0 Å². The van der Waals surface area contributed by atoms with Gasteiger partial charge in [-0.25, -0.2) is 34.9 Å². The van der Waals surface area contributed by atoms with E-state index in [9.17, 15) is 0 Å². The average molecular weight is 1450 g/mol. The van der Waals surface area contributed by atoms with Gasteiger partial charge in [-0.15, -0.1) is 11.3 Å². The summed E-state index contributed by atoms with van der Waals surface area (Å²) in [7, 11) is 0. The molecule has 0 fully saturated rings. The van der Waals surface area contributed by atoms with Gasteiger partial charge in [0, 0.05) is 131 Å². The Bertz CT molecular complexity index is 8230. The number of fused-ring (bicyclic) bond motifs is 25. The predicted molar refractivity (Wildman–Crippen MR) is 463 cm³/mol. The second-order valence-electron chi connectivity index (χ2n) is 28.5. The molecule has 16 aromatic carbocycles. The number of thiophene rings is 1. The second kappa shape index (κ2) is 25.4. The van der Waals surface area contributed by atoms with E-state index in [0.717, 1.165) is 187 Å². The number of benzene rings is 16. The minimum atomic E-state index is 0.611. The standard InChI is InChI=1S/C37H21NOS.C33H19N3O.C31H17N3O/c1-2-11-28-25(8-1)30-20-31-26-9-3-5-14-33(26)39-34(31)21-32(30)38-36(28)23-18-16-22(17-19-23)24-12-7-13-29-27-10-4-6-15-35(27)40-37(24)29;1-2-10-20(11-3-1)31-24-15-6-8-16-27(24)35-33(36-31)32-23-14-5-4-12-21(23)25-18-26-22-13-7-9-17-29(22)37-30(26)19-28(25)34-32;1-2-8-19-18(7-1)13-14-26-25(19)17-32-31(34-26)30-22-11-4-3-9-20(22)23-15-24-21-10-5-6-12-28(21)35-29(24)16-27(23)33-30/h1-21H;1-19H;1-17H. The van der Waals surface area contributed by atoms with Crippen LogP contribution in [0.4, 0.5) is 0 Å². The number of hydrogen-bond donors (Lipinski definition) is 0. The predicted octanol–water partition coefficient (Wildman–Crippen LogP) is 27.6. The molecule has 10 nitrogen and oxygen atoms in total. The van der Waals surface area contributed by atoms with Gasteiger partial charge in [0.2, 0.25) is 0 Å². The molecule has 0 bridgehead atoms. The van der Waals surface area contributed by atoms with Gasteiger partial charge in [-0.2, -0.15) is 0 Å². The van der Waals surface area contributed by atoms with Crippen molar-refractivity contribution in [3.05, 3.63) is 346 Å². The van der Waals surface area contributed by atoms with E-state index in [0.29, 0.717) is 11.6 Å². The fraction of sp³-hybridized carbons (Fsp3) is 0. The van der Waals surface area contributed by atoms with Gasteiger partial charge in [0.25, 0.3) is 0 Å². The lowest BCUT2D eigenvalue weighted by Gasteiger charge is -2.12. The van der Waals surface area contributed by atoms with E-state index in [1.807, 2.05) is 139 Å². The normalized spacial score (nSPS) is 11.9. The minimum absolute atomic E-state index is 0.611. The van der Waals surface area contributed by atoms with Gasteiger partial charge in [-0.3, -0.25) is 0 Å². The van der Waals surface area contributed by atoms with Crippen molar-refractivity contribution in [2.75, 3.05) is 0 Å². The van der Waals surface area contributed by atoms with Crippen molar-refractivity contribution >= 4 is 195 Å². The number of rotatable bonds is 5. The first kappa shape index (κ1) is 63.2. The van der Waals surface area contributed by atoms with Crippen LogP contribution in [0, 0.1) is 0 Å². The first-order valence-corrected chi connectivity index (χ1v) is 38.2. The topological polar surface area (TPSA) is 130 Å². The van der Waals surface area contributed by atoms with Crippen LogP contribution in [0.3, 0.4) is 0 Å². The summed E-state index contributed by atoms with van der Waals surface area (Å²) in [6.45, 7) is 0. The van der Waals surface area contributed by atoms with Crippen molar-refractivity contribution in [2.24, 2.45) is 0 Å². The van der Waals surface area contributed by atoms with Crippen LogP contribution in [-0.4, -0.2) is 34.9 Å². The van der Waals surface area contributed by atoms with Crippen LogP contribution >= 0.6 is 11.3 Å². The van der Waals surface area contributed by atoms with E-state index < -0.39 is 0 Å². The number of aromatic nitrogens is 7. The molecule has 0 radical (unpaired) electrons. The zero-order valence-electron chi connectivity index (χ0n) is 59.7. The fourth-order valence-corrected chi connectivity index (χ4v) is 18.0. The summed E-state index contributed by atoms with van der Waals surface area (Å²) in [5.74, 6) is 1.23. The third-order valence-electron chi connectivity index (χ3n) is 22.0. The molecule has 0 unspecified atom stereocenters. The van der Waals surface area contributed by atoms with Crippen LogP contribution in [0.15, 0.2) is 359 Å². The third-order valence-corrected chi connectivity index (χ3v) is 23.3. The SMILES string of the molecule is c1ccc(-c2nc(-c3nc4cc5oc6ccccc6c5cc4c4ccccc34)nc3ccccc23)cc1.c1ccc2c(c1)ccc1nc(-c3nc4cc5oc6ccccc6c5cc4c4ccccc34)ncc12.c1ccc2c(c1)oc1cc3nc(-c4ccc(-c5cccc6c5sc5ccccc56)cc4)c4ccccc4c3cc12. The summed E-state index contributed by atoms with van der Waals surface area (Å²) in [4.78, 5) is 35.3. The molecule has 0 aliphatic heterocycles. The molecule has 0 aliphatic carbocycles. The minimum Gasteiger partial charge on any atom is -0.456 e. The van der Waals surface area contributed by atoms with Crippen LogP contribution in [0.5, 0.6) is 0 Å². The number of furan rings is 3. The van der Waals surface area contributed by atoms with Crippen LogP contribution in [-0.2, 0) is 0 Å². The Hall–Kier alpha value is -14.9. The summed E-state index contributed by atoms with van der Waals surface area (Å²) in [5.41, 5.74) is 17.7. The Balaban J connectivity index is 0.000000100. The molecule has 25 aromatic rings. The summed E-state index contributed by atoms with van der Waals surface area (Å²) in [6.07, 6.45) is 1.92. The molecule has 0 N–H and O–H groups in total. The van der Waals surface area contributed by atoms with Gasteiger partial charge in [-0.05, 0) is 92.7 Å². The average Bonchev–Trinajstić information content (AvgIpc) is 1.36. The third kappa shape index (κ3) is 10.3. The lowest BCUT2D eigenvalue weighted by atomic mass is 9.97. The molecule has 9 aromatic heterocycles. The molecule has 9 heterocycles. The summed E-state index contributed by atoms with van der Waals surface area (Å²) in [6, 6.07) is 118. The maximum atomic E-state index is 6.20.